The monoisotopic (exact) mass is 1040 g/mol. The molecule has 0 radical (unpaired) electrons. The molecule has 5 atom stereocenters. The van der Waals surface area contributed by atoms with Gasteiger partial charge in [-0.25, -0.2) is 22.4 Å². The number of carbonyl (C=O) groups excluding carboxylic acids is 1. The van der Waals surface area contributed by atoms with Crippen molar-refractivity contribution in [1.82, 2.24) is 0 Å². The minimum Gasteiger partial charge on any atom is -0.493 e. The molecule has 0 aliphatic carbocycles. The molecule has 73 heavy (non-hydrogen) atoms. The lowest BCUT2D eigenvalue weighted by Crippen LogP contribution is -2.52. The van der Waals surface area contributed by atoms with Crippen molar-refractivity contribution >= 4 is 5.97 Å². The van der Waals surface area contributed by atoms with Crippen molar-refractivity contribution in [3.05, 3.63) is 75.9 Å². The molecule has 5 unspecified atom stereocenters. The molecule has 16 heteroatoms. The fourth-order valence-electron chi connectivity index (χ4n) is 9.68. The Morgan fingerprint density at radius 2 is 1.14 bits per heavy atom. The lowest BCUT2D eigenvalue weighted by atomic mass is 9.69. The molecule has 3 aromatic carbocycles. The van der Waals surface area contributed by atoms with E-state index in [1.54, 1.807) is 13.8 Å². The molecule has 0 saturated carbocycles. The summed E-state index contributed by atoms with van der Waals surface area (Å²) in [6.07, 6.45) is 20.0. The van der Waals surface area contributed by atoms with Crippen LogP contribution in [0.3, 0.4) is 0 Å². The molecule has 0 bridgehead atoms. The Morgan fingerprint density at radius 1 is 0.603 bits per heavy atom. The Hall–Kier alpha value is -3.99. The van der Waals surface area contributed by atoms with Crippen LogP contribution in [-0.2, 0) is 18.9 Å². The first-order valence-corrected chi connectivity index (χ1v) is 26.8. The van der Waals surface area contributed by atoms with E-state index in [1.807, 2.05) is 0 Å². The van der Waals surface area contributed by atoms with Crippen molar-refractivity contribution in [2.24, 2.45) is 5.41 Å². The second-order valence-electron chi connectivity index (χ2n) is 20.6. The van der Waals surface area contributed by atoms with E-state index in [1.165, 1.54) is 43.9 Å². The molecule has 3 aromatic rings. The van der Waals surface area contributed by atoms with Crippen LogP contribution in [0.5, 0.6) is 17.2 Å². The summed E-state index contributed by atoms with van der Waals surface area (Å²) in [5.74, 6) is -23.7. The molecular weight excluding hydrogens is 965 g/mol. The normalized spacial score (nSPS) is 21.2. The summed E-state index contributed by atoms with van der Waals surface area (Å²) in [5, 5.41) is 0. The first-order valence-electron chi connectivity index (χ1n) is 26.8. The Bertz CT molecular complexity index is 2180. The van der Waals surface area contributed by atoms with Crippen LogP contribution in [0.4, 0.5) is 35.1 Å². The molecule has 0 spiro atoms. The van der Waals surface area contributed by atoms with Gasteiger partial charge in [-0.2, -0.15) is 17.6 Å². The maximum absolute atomic E-state index is 15.4. The highest BCUT2D eigenvalue weighted by molar-refractivity contribution is 5.94. The van der Waals surface area contributed by atoms with Crippen LogP contribution in [0.1, 0.15) is 199 Å². The van der Waals surface area contributed by atoms with Crippen molar-refractivity contribution in [3.63, 3.8) is 0 Å². The van der Waals surface area contributed by atoms with Gasteiger partial charge < -0.3 is 33.2 Å². The minimum absolute atomic E-state index is 0.0147. The van der Waals surface area contributed by atoms with Crippen molar-refractivity contribution < 1.29 is 73.1 Å². The molecule has 2 saturated heterocycles. The zero-order valence-corrected chi connectivity index (χ0v) is 44.0. The first kappa shape index (κ1) is 59.9. The van der Waals surface area contributed by atoms with Crippen LogP contribution in [-0.4, -0.2) is 56.2 Å². The Balaban J connectivity index is 1.09. The van der Waals surface area contributed by atoms with Crippen molar-refractivity contribution in [1.29, 1.82) is 0 Å². The number of rotatable bonds is 28. The van der Waals surface area contributed by atoms with Gasteiger partial charge in [-0.1, -0.05) is 111 Å². The molecule has 8 nitrogen and oxygen atoms in total. The smallest absolute Gasteiger partial charge is 0.347 e. The van der Waals surface area contributed by atoms with E-state index in [0.717, 1.165) is 103 Å². The quantitative estimate of drug-likeness (QED) is 0.0234. The van der Waals surface area contributed by atoms with Crippen molar-refractivity contribution in [3.8, 4) is 28.4 Å². The van der Waals surface area contributed by atoms with E-state index in [2.05, 4.69) is 34.6 Å². The summed E-state index contributed by atoms with van der Waals surface area (Å²) in [6, 6.07) is 4.17. The zero-order chi connectivity index (χ0) is 53.3. The minimum atomic E-state index is -2.47. The van der Waals surface area contributed by atoms with E-state index < -0.39 is 80.7 Å². The Kier molecular flexibility index (Phi) is 23.6. The SMILES string of the molecule is CCCCCCCC1OCCCC(C)(C)C(C)(CC2CC(CCC)OC(CCCCCCCCCOc3cc(C)ccc3C(=O)Oc3c(F)c(F)c(-c4c(F)c(F)c(OCCCC)c(F)c4F)c(F)c3F)O2)O1. The first-order chi connectivity index (χ1) is 34.9. The van der Waals surface area contributed by atoms with Gasteiger partial charge in [0, 0.05) is 19.4 Å². The average molecular weight is 1040 g/mol. The van der Waals surface area contributed by atoms with Crippen LogP contribution < -0.4 is 14.2 Å². The van der Waals surface area contributed by atoms with Crippen LogP contribution in [0.2, 0.25) is 0 Å². The molecule has 2 aliphatic rings. The topological polar surface area (TPSA) is 81.7 Å². The van der Waals surface area contributed by atoms with Crippen LogP contribution in [0.15, 0.2) is 18.2 Å². The van der Waals surface area contributed by atoms with Crippen LogP contribution in [0.25, 0.3) is 11.1 Å². The fraction of sp³-hybridized carbons (Fsp3) is 0.667. The number of hydrogen-bond donors (Lipinski definition) is 0. The van der Waals surface area contributed by atoms with E-state index in [-0.39, 0.29) is 61.2 Å². The zero-order valence-electron chi connectivity index (χ0n) is 44.0. The number of hydrogen-bond acceptors (Lipinski definition) is 8. The number of ether oxygens (including phenoxy) is 7. The third-order valence-corrected chi connectivity index (χ3v) is 14.4. The van der Waals surface area contributed by atoms with Gasteiger partial charge in [-0.05, 0) is 94.7 Å². The van der Waals surface area contributed by atoms with Gasteiger partial charge in [0.1, 0.15) is 11.3 Å². The largest absolute Gasteiger partial charge is 0.493 e. The Morgan fingerprint density at radius 3 is 1.74 bits per heavy atom. The number of aryl methyl sites for hydroxylation is 1. The predicted molar refractivity (Wildman–Crippen MR) is 264 cm³/mol. The molecular formula is C57H78F8O8. The average Bonchev–Trinajstić information content (AvgIpc) is 3.35. The van der Waals surface area contributed by atoms with Gasteiger partial charge >= 0.3 is 5.97 Å². The number of carbonyl (C=O) groups is 1. The Labute approximate surface area is 427 Å². The number of unbranched alkanes of at least 4 members (excludes halogenated alkanes) is 11. The molecule has 2 heterocycles. The van der Waals surface area contributed by atoms with E-state index >= 15 is 26.3 Å². The highest BCUT2D eigenvalue weighted by Crippen LogP contribution is 2.46. The maximum atomic E-state index is 15.4. The summed E-state index contributed by atoms with van der Waals surface area (Å²) < 4.78 is 163. The summed E-state index contributed by atoms with van der Waals surface area (Å²) in [6.45, 7) is 15.2. The third-order valence-electron chi connectivity index (χ3n) is 14.4. The predicted octanol–water partition coefficient (Wildman–Crippen LogP) is 16.7. The summed E-state index contributed by atoms with van der Waals surface area (Å²) >= 11 is 0. The summed E-state index contributed by atoms with van der Waals surface area (Å²) in [5.41, 5.74) is -4.35. The lowest BCUT2D eigenvalue weighted by Gasteiger charge is -2.50. The number of benzene rings is 3. The lowest BCUT2D eigenvalue weighted by molar-refractivity contribution is -0.288. The number of halogens is 8. The van der Waals surface area contributed by atoms with Gasteiger partial charge in [0.2, 0.25) is 29.0 Å². The van der Waals surface area contributed by atoms with E-state index in [4.69, 9.17) is 33.2 Å². The third kappa shape index (κ3) is 16.0. The summed E-state index contributed by atoms with van der Waals surface area (Å²) in [4.78, 5) is 13.3. The molecule has 0 N–H and O–H groups in total. The molecule has 410 valence electrons. The van der Waals surface area contributed by atoms with Gasteiger partial charge in [-0.3, -0.25) is 0 Å². The number of esters is 1. The summed E-state index contributed by atoms with van der Waals surface area (Å²) in [7, 11) is 0. The molecule has 2 fully saturated rings. The molecule has 0 aromatic heterocycles. The van der Waals surface area contributed by atoms with Crippen molar-refractivity contribution in [2.75, 3.05) is 19.8 Å². The second-order valence-corrected chi connectivity index (χ2v) is 20.6. The van der Waals surface area contributed by atoms with E-state index in [9.17, 15) is 13.6 Å². The van der Waals surface area contributed by atoms with Gasteiger partial charge in [-0.15, -0.1) is 0 Å². The molecule has 0 amide bonds. The van der Waals surface area contributed by atoms with Gasteiger partial charge in [0.25, 0.3) is 0 Å². The highest BCUT2D eigenvalue weighted by Gasteiger charge is 2.47. The van der Waals surface area contributed by atoms with Crippen LogP contribution >= 0.6 is 0 Å². The molecule has 5 rings (SSSR count). The maximum Gasteiger partial charge on any atom is 0.347 e. The molecule has 2 aliphatic heterocycles. The van der Waals surface area contributed by atoms with Crippen LogP contribution in [0, 0.1) is 58.9 Å². The van der Waals surface area contributed by atoms with Gasteiger partial charge in [0.05, 0.1) is 42.1 Å². The fourth-order valence-corrected chi connectivity index (χ4v) is 9.68. The second kappa shape index (κ2) is 28.8. The van der Waals surface area contributed by atoms with Gasteiger partial charge in [0.15, 0.2) is 41.6 Å². The standard InChI is InChI=1S/C57H78F8O8/c1-8-11-13-17-20-25-41-68-32-23-29-56(5,6)57(7,73-41)35-38-34-37(24-10-3)70-42(71-38)26-21-18-15-14-16-19-22-31-67-40-33-36(4)27-28-39(40)55(66)72-54-51(64)47(60)44(48(61)52(54)65)43-45(58)49(62)53(50(63)46(43)59)69-30-12-9-2/h27-28,33,37-38,41-42H,8-26,29-32,34-35H2,1-7H3. The van der Waals surface area contributed by atoms with E-state index in [0.29, 0.717) is 18.4 Å². The highest BCUT2D eigenvalue weighted by atomic mass is 19.2. The van der Waals surface area contributed by atoms with Crippen molar-refractivity contribution in [2.45, 2.75) is 220 Å².